The second-order valence-corrected chi connectivity index (χ2v) is 6.22. The summed E-state index contributed by atoms with van der Waals surface area (Å²) in [4.78, 5) is 12.1. The molecule has 0 bridgehead atoms. The number of hydrogen-bond donors (Lipinski definition) is 2. The molecule has 0 saturated heterocycles. The van der Waals surface area contributed by atoms with Gasteiger partial charge in [-0.2, -0.15) is 10.2 Å². The number of halogens is 2. The van der Waals surface area contributed by atoms with Gasteiger partial charge in [-0.25, -0.2) is 5.43 Å². The van der Waals surface area contributed by atoms with Gasteiger partial charge < -0.3 is 0 Å². The maximum absolute atomic E-state index is 12.1. The highest BCUT2D eigenvalue weighted by atomic mass is 35.5. The molecule has 1 heterocycles. The number of hydrazone groups is 1. The minimum absolute atomic E-state index is 0.294. The predicted molar refractivity (Wildman–Crippen MR) is 100 cm³/mol. The van der Waals surface area contributed by atoms with Crippen LogP contribution in [-0.2, 0) is 0 Å². The van der Waals surface area contributed by atoms with E-state index in [4.69, 9.17) is 23.2 Å². The number of amides is 1. The number of benzene rings is 2. The molecule has 7 heteroatoms. The molecule has 3 rings (SSSR count). The lowest BCUT2D eigenvalue weighted by Crippen LogP contribution is -2.17. The van der Waals surface area contributed by atoms with Gasteiger partial charge in [0.05, 0.1) is 22.0 Å². The van der Waals surface area contributed by atoms with E-state index in [0.717, 1.165) is 16.7 Å². The predicted octanol–water partition coefficient (Wildman–Crippen LogP) is 4.46. The Morgan fingerprint density at radius 2 is 1.88 bits per heavy atom. The molecule has 0 aliphatic carbocycles. The number of nitrogens with one attached hydrogen (secondary N) is 2. The molecule has 0 fully saturated rings. The van der Waals surface area contributed by atoms with Crippen LogP contribution in [0.2, 0.25) is 10.0 Å². The number of aromatic nitrogens is 2. The number of rotatable bonds is 4. The summed E-state index contributed by atoms with van der Waals surface area (Å²) < 4.78 is 0. The Kier molecular flexibility index (Phi) is 5.16. The molecule has 2 aromatic carbocycles. The normalized spacial score (nSPS) is 11.0. The van der Waals surface area contributed by atoms with Crippen LogP contribution >= 0.6 is 23.2 Å². The molecule has 0 aliphatic rings. The maximum atomic E-state index is 12.1. The smallest absolute Gasteiger partial charge is 0.272 e. The zero-order chi connectivity index (χ0) is 17.8. The van der Waals surface area contributed by atoms with Crippen molar-refractivity contribution in [3.63, 3.8) is 0 Å². The first-order valence-electron chi connectivity index (χ1n) is 7.44. The van der Waals surface area contributed by atoms with E-state index in [2.05, 4.69) is 20.7 Å². The molecule has 0 atom stereocenters. The van der Waals surface area contributed by atoms with E-state index in [-0.39, 0.29) is 5.91 Å². The number of aryl methyl sites for hydroxylation is 1. The summed E-state index contributed by atoms with van der Waals surface area (Å²) in [6, 6.07) is 14.6. The first-order chi connectivity index (χ1) is 12.0. The van der Waals surface area contributed by atoms with Gasteiger partial charge in [-0.05, 0) is 30.7 Å². The molecule has 1 amide bonds. The zero-order valence-electron chi connectivity index (χ0n) is 13.3. The van der Waals surface area contributed by atoms with Gasteiger partial charge in [0, 0.05) is 5.56 Å². The fraction of sp³-hybridized carbons (Fsp3) is 0.0556. The lowest BCUT2D eigenvalue weighted by Gasteiger charge is -1.99. The van der Waals surface area contributed by atoms with Crippen molar-refractivity contribution in [2.24, 2.45) is 5.10 Å². The molecule has 3 aromatic rings. The van der Waals surface area contributed by atoms with Gasteiger partial charge in [0.2, 0.25) is 0 Å². The van der Waals surface area contributed by atoms with Gasteiger partial charge in [-0.15, -0.1) is 0 Å². The van der Waals surface area contributed by atoms with Crippen LogP contribution in [0.25, 0.3) is 11.3 Å². The first kappa shape index (κ1) is 17.2. The molecule has 0 aliphatic heterocycles. The first-order valence-corrected chi connectivity index (χ1v) is 8.19. The highest BCUT2D eigenvalue weighted by Gasteiger charge is 2.11. The third kappa shape index (κ3) is 4.26. The molecular formula is C18H14Cl2N4O. The Balaban J connectivity index is 1.68. The van der Waals surface area contributed by atoms with E-state index in [1.807, 2.05) is 31.2 Å². The Morgan fingerprint density at radius 3 is 2.60 bits per heavy atom. The monoisotopic (exact) mass is 372 g/mol. The van der Waals surface area contributed by atoms with Crippen LogP contribution in [0.1, 0.15) is 21.6 Å². The van der Waals surface area contributed by atoms with Gasteiger partial charge in [0.1, 0.15) is 5.69 Å². The van der Waals surface area contributed by atoms with Crippen molar-refractivity contribution >= 4 is 35.3 Å². The van der Waals surface area contributed by atoms with E-state index in [1.54, 1.807) is 30.5 Å². The third-order valence-corrected chi connectivity index (χ3v) is 4.23. The second-order valence-electron chi connectivity index (χ2n) is 5.41. The van der Waals surface area contributed by atoms with Crippen LogP contribution in [0.4, 0.5) is 0 Å². The molecule has 126 valence electrons. The summed E-state index contributed by atoms with van der Waals surface area (Å²) in [6.45, 7) is 2.01. The fourth-order valence-electron chi connectivity index (χ4n) is 2.12. The Labute approximate surface area is 154 Å². The van der Waals surface area contributed by atoms with Crippen molar-refractivity contribution in [2.45, 2.75) is 6.92 Å². The number of nitrogens with zero attached hydrogens (tertiary/aromatic N) is 2. The third-order valence-electron chi connectivity index (χ3n) is 3.49. The van der Waals surface area contributed by atoms with Crippen LogP contribution in [0.15, 0.2) is 53.6 Å². The standard InChI is InChI=1S/C18H14Cl2N4O/c1-11-2-4-12(5-3-11)10-21-24-18(25)17-9-16(22-23-17)13-6-7-14(19)15(20)8-13/h2-10H,1H3,(H,22,23)(H,24,25)/b21-10+. The van der Waals surface area contributed by atoms with Gasteiger partial charge in [-0.1, -0.05) is 59.1 Å². The van der Waals surface area contributed by atoms with Crippen molar-refractivity contribution in [1.82, 2.24) is 15.6 Å². The summed E-state index contributed by atoms with van der Waals surface area (Å²) in [6.07, 6.45) is 1.58. The van der Waals surface area contributed by atoms with Gasteiger partial charge >= 0.3 is 0 Å². The van der Waals surface area contributed by atoms with E-state index in [0.29, 0.717) is 21.4 Å². The van der Waals surface area contributed by atoms with E-state index < -0.39 is 0 Å². The molecule has 5 nitrogen and oxygen atoms in total. The summed E-state index contributed by atoms with van der Waals surface area (Å²) in [7, 11) is 0. The van der Waals surface area contributed by atoms with Gasteiger partial charge in [0.25, 0.3) is 5.91 Å². The van der Waals surface area contributed by atoms with Crippen molar-refractivity contribution in [3.05, 3.63) is 75.4 Å². The summed E-state index contributed by atoms with van der Waals surface area (Å²) in [5.74, 6) is -0.387. The topological polar surface area (TPSA) is 70.1 Å². The van der Waals surface area contributed by atoms with E-state index in [1.165, 1.54) is 0 Å². The molecule has 2 N–H and O–H groups in total. The number of carbonyl (C=O) groups is 1. The minimum atomic E-state index is -0.387. The van der Waals surface area contributed by atoms with Crippen molar-refractivity contribution in [3.8, 4) is 11.3 Å². The average Bonchev–Trinajstić information content (AvgIpc) is 3.09. The summed E-state index contributed by atoms with van der Waals surface area (Å²) >= 11 is 11.9. The van der Waals surface area contributed by atoms with Crippen LogP contribution < -0.4 is 5.43 Å². The highest BCUT2D eigenvalue weighted by molar-refractivity contribution is 6.42. The molecule has 0 saturated carbocycles. The number of hydrogen-bond acceptors (Lipinski definition) is 3. The quantitative estimate of drug-likeness (QED) is 0.524. The molecule has 0 spiro atoms. The average molecular weight is 373 g/mol. The van der Waals surface area contributed by atoms with Gasteiger partial charge in [-0.3, -0.25) is 9.89 Å². The number of carbonyl (C=O) groups excluding carboxylic acids is 1. The molecule has 1 aromatic heterocycles. The summed E-state index contributed by atoms with van der Waals surface area (Å²) in [5, 5.41) is 11.6. The van der Waals surface area contributed by atoms with Crippen LogP contribution in [-0.4, -0.2) is 22.3 Å². The van der Waals surface area contributed by atoms with Crippen molar-refractivity contribution in [2.75, 3.05) is 0 Å². The highest BCUT2D eigenvalue weighted by Crippen LogP contribution is 2.27. The largest absolute Gasteiger partial charge is 0.289 e. The van der Waals surface area contributed by atoms with Crippen LogP contribution in [0.5, 0.6) is 0 Å². The SMILES string of the molecule is Cc1ccc(/C=N/NC(=O)c2cc(-c3ccc(Cl)c(Cl)c3)n[nH]2)cc1. The molecule has 0 unspecified atom stereocenters. The fourth-order valence-corrected chi connectivity index (χ4v) is 2.42. The number of aromatic amines is 1. The van der Waals surface area contributed by atoms with Crippen molar-refractivity contribution in [1.29, 1.82) is 0 Å². The number of H-pyrrole nitrogens is 1. The minimum Gasteiger partial charge on any atom is -0.272 e. The maximum Gasteiger partial charge on any atom is 0.289 e. The van der Waals surface area contributed by atoms with E-state index >= 15 is 0 Å². The van der Waals surface area contributed by atoms with E-state index in [9.17, 15) is 4.79 Å². The Morgan fingerprint density at radius 1 is 1.12 bits per heavy atom. The van der Waals surface area contributed by atoms with Gasteiger partial charge in [0.15, 0.2) is 0 Å². The lowest BCUT2D eigenvalue weighted by atomic mass is 10.1. The zero-order valence-corrected chi connectivity index (χ0v) is 14.8. The second kappa shape index (κ2) is 7.51. The summed E-state index contributed by atoms with van der Waals surface area (Å²) in [5.41, 5.74) is 6.16. The van der Waals surface area contributed by atoms with Crippen LogP contribution in [0.3, 0.4) is 0 Å². The van der Waals surface area contributed by atoms with Crippen LogP contribution in [0, 0.1) is 6.92 Å². The molecular weight excluding hydrogens is 359 g/mol. The Bertz CT molecular complexity index is 933. The lowest BCUT2D eigenvalue weighted by molar-refractivity contribution is 0.0950. The van der Waals surface area contributed by atoms with Crippen molar-refractivity contribution < 1.29 is 4.79 Å². The molecule has 25 heavy (non-hydrogen) atoms. The Hall–Kier alpha value is -2.63. The molecule has 0 radical (unpaired) electrons.